The van der Waals surface area contributed by atoms with E-state index in [4.69, 9.17) is 4.74 Å². The molecule has 2 aliphatic rings. The highest BCUT2D eigenvalue weighted by Gasteiger charge is 2.40. The molecular weight excluding hydrogens is 308 g/mol. The molecule has 4 rings (SSSR count). The number of rotatable bonds is 3. The molecule has 2 aliphatic heterocycles. The van der Waals surface area contributed by atoms with E-state index in [1.165, 1.54) is 19.3 Å². The van der Waals surface area contributed by atoms with Crippen molar-refractivity contribution in [3.8, 4) is 11.8 Å². The normalized spacial score (nSPS) is 22.8. The predicted molar refractivity (Wildman–Crippen MR) is 98.5 cm³/mol. The second-order valence-corrected chi connectivity index (χ2v) is 7.11. The van der Waals surface area contributed by atoms with Crippen LogP contribution in [0.25, 0.3) is 0 Å². The van der Waals surface area contributed by atoms with Gasteiger partial charge in [0.2, 0.25) is 0 Å². The quantitative estimate of drug-likeness (QED) is 0.842. The lowest BCUT2D eigenvalue weighted by Crippen LogP contribution is -2.36. The lowest BCUT2D eigenvalue weighted by molar-refractivity contribution is 0.217. The van der Waals surface area contributed by atoms with Crippen LogP contribution in [0.5, 0.6) is 5.75 Å². The molecule has 128 valence electrons. The van der Waals surface area contributed by atoms with Crippen LogP contribution in [0, 0.1) is 11.3 Å². The van der Waals surface area contributed by atoms with E-state index < -0.39 is 5.41 Å². The van der Waals surface area contributed by atoms with Crippen molar-refractivity contribution in [2.75, 3.05) is 19.6 Å². The van der Waals surface area contributed by atoms with Gasteiger partial charge in [-0.1, -0.05) is 48.9 Å². The largest absolute Gasteiger partial charge is 0.489 e. The van der Waals surface area contributed by atoms with Crippen molar-refractivity contribution in [1.82, 2.24) is 4.90 Å². The second-order valence-electron chi connectivity index (χ2n) is 7.11. The minimum Gasteiger partial charge on any atom is -0.489 e. The highest BCUT2D eigenvalue weighted by atomic mass is 16.5. The van der Waals surface area contributed by atoms with Crippen LogP contribution in [-0.4, -0.2) is 24.5 Å². The Hall–Kier alpha value is -2.31. The van der Waals surface area contributed by atoms with Gasteiger partial charge in [-0.3, -0.25) is 0 Å². The van der Waals surface area contributed by atoms with Crippen molar-refractivity contribution in [1.29, 1.82) is 5.26 Å². The van der Waals surface area contributed by atoms with E-state index >= 15 is 0 Å². The molecule has 0 aromatic heterocycles. The molecule has 2 heterocycles. The Morgan fingerprint density at radius 1 is 0.960 bits per heavy atom. The summed E-state index contributed by atoms with van der Waals surface area (Å²) in [6.07, 6.45) is 4.69. The predicted octanol–water partition coefficient (Wildman–Crippen LogP) is 4.26. The summed E-state index contributed by atoms with van der Waals surface area (Å²) in [6, 6.07) is 19.0. The number of likely N-dealkylation sites (tertiary alicyclic amines) is 1. The smallest absolute Gasteiger partial charge is 0.124 e. The summed E-state index contributed by atoms with van der Waals surface area (Å²) >= 11 is 0. The minimum absolute atomic E-state index is 0.528. The molecule has 0 N–H and O–H groups in total. The molecule has 0 spiro atoms. The van der Waals surface area contributed by atoms with Gasteiger partial charge in [0.1, 0.15) is 17.8 Å². The van der Waals surface area contributed by atoms with Crippen LogP contribution < -0.4 is 4.74 Å². The highest BCUT2D eigenvalue weighted by Crippen LogP contribution is 2.44. The fraction of sp³-hybridized carbons (Fsp3) is 0.409. The van der Waals surface area contributed by atoms with Crippen molar-refractivity contribution in [2.24, 2.45) is 0 Å². The van der Waals surface area contributed by atoms with Gasteiger partial charge in [0.05, 0.1) is 6.07 Å². The SMILES string of the molecule is N#CC1(CCN2CCCCC2)c2ccccc2COc2ccccc21. The van der Waals surface area contributed by atoms with E-state index in [0.29, 0.717) is 6.61 Å². The molecule has 1 atom stereocenters. The number of ether oxygens (including phenoxy) is 1. The molecule has 0 amide bonds. The molecule has 2 aromatic carbocycles. The first-order chi connectivity index (χ1) is 12.3. The van der Waals surface area contributed by atoms with Crippen LogP contribution >= 0.6 is 0 Å². The lowest BCUT2D eigenvalue weighted by atomic mass is 9.71. The highest BCUT2D eigenvalue weighted by molar-refractivity contribution is 5.55. The third-order valence-electron chi connectivity index (χ3n) is 5.65. The molecule has 1 unspecified atom stereocenters. The summed E-state index contributed by atoms with van der Waals surface area (Å²) in [5.74, 6) is 0.846. The van der Waals surface area contributed by atoms with Gasteiger partial charge in [-0.05, 0) is 49.5 Å². The standard InChI is InChI=1S/C22H24N2O/c23-17-22(12-15-24-13-6-1-7-14-24)19-9-3-2-8-18(19)16-25-21-11-5-4-10-20(21)22/h2-5,8-11H,1,6-7,12-16H2. The average molecular weight is 332 g/mol. The van der Waals surface area contributed by atoms with Gasteiger partial charge >= 0.3 is 0 Å². The lowest BCUT2D eigenvalue weighted by Gasteiger charge is -2.33. The first-order valence-electron chi connectivity index (χ1n) is 9.28. The van der Waals surface area contributed by atoms with Gasteiger partial charge < -0.3 is 9.64 Å². The maximum absolute atomic E-state index is 10.4. The van der Waals surface area contributed by atoms with Gasteiger partial charge in [0.25, 0.3) is 0 Å². The average Bonchev–Trinajstić information content (AvgIpc) is 2.83. The molecule has 0 saturated carbocycles. The number of fused-ring (bicyclic) bond motifs is 2. The summed E-state index contributed by atoms with van der Waals surface area (Å²) in [7, 11) is 0. The summed E-state index contributed by atoms with van der Waals surface area (Å²) in [6.45, 7) is 3.79. The number of nitrogens with zero attached hydrogens (tertiary/aromatic N) is 2. The summed E-state index contributed by atoms with van der Waals surface area (Å²) in [5, 5.41) is 10.4. The van der Waals surface area contributed by atoms with Crippen LogP contribution in [0.15, 0.2) is 48.5 Å². The van der Waals surface area contributed by atoms with E-state index in [1.807, 2.05) is 30.3 Å². The first-order valence-corrected chi connectivity index (χ1v) is 9.28. The summed E-state index contributed by atoms with van der Waals surface area (Å²) in [4.78, 5) is 2.51. The molecule has 3 heteroatoms. The van der Waals surface area contributed by atoms with Crippen LogP contribution in [-0.2, 0) is 12.0 Å². The Bertz CT molecular complexity index is 739. The topological polar surface area (TPSA) is 36.3 Å². The molecular formula is C22H24N2O. The van der Waals surface area contributed by atoms with E-state index in [0.717, 1.165) is 48.5 Å². The van der Waals surface area contributed by atoms with Gasteiger partial charge in [0, 0.05) is 12.1 Å². The Morgan fingerprint density at radius 3 is 2.48 bits per heavy atom. The summed E-state index contributed by atoms with van der Waals surface area (Å²) < 4.78 is 6.06. The second kappa shape index (κ2) is 6.90. The first kappa shape index (κ1) is 16.2. The number of nitriles is 1. The van der Waals surface area contributed by atoms with E-state index in [1.54, 1.807) is 0 Å². The van der Waals surface area contributed by atoms with Crippen molar-refractivity contribution in [3.63, 3.8) is 0 Å². The van der Waals surface area contributed by atoms with Gasteiger partial charge in [-0.2, -0.15) is 5.26 Å². The van der Waals surface area contributed by atoms with Crippen LogP contribution in [0.3, 0.4) is 0 Å². The molecule has 0 bridgehead atoms. The maximum atomic E-state index is 10.4. The molecule has 25 heavy (non-hydrogen) atoms. The molecule has 0 radical (unpaired) electrons. The van der Waals surface area contributed by atoms with Crippen molar-refractivity contribution >= 4 is 0 Å². The maximum Gasteiger partial charge on any atom is 0.124 e. The van der Waals surface area contributed by atoms with Crippen molar-refractivity contribution < 1.29 is 4.74 Å². The van der Waals surface area contributed by atoms with Gasteiger partial charge in [0.15, 0.2) is 0 Å². The third-order valence-corrected chi connectivity index (χ3v) is 5.65. The summed E-state index contributed by atoms with van der Waals surface area (Å²) in [5.41, 5.74) is 2.61. The fourth-order valence-corrected chi connectivity index (χ4v) is 4.26. The van der Waals surface area contributed by atoms with E-state index in [-0.39, 0.29) is 0 Å². The number of hydrogen-bond donors (Lipinski definition) is 0. The molecule has 0 aliphatic carbocycles. The van der Waals surface area contributed by atoms with Crippen LogP contribution in [0.1, 0.15) is 42.4 Å². The molecule has 3 nitrogen and oxygen atoms in total. The van der Waals surface area contributed by atoms with E-state index in [2.05, 4.69) is 29.2 Å². The Labute approximate surface area is 149 Å². The van der Waals surface area contributed by atoms with Crippen LogP contribution in [0.4, 0.5) is 0 Å². The Kier molecular flexibility index (Phi) is 4.46. The van der Waals surface area contributed by atoms with Gasteiger partial charge in [-0.25, -0.2) is 0 Å². The van der Waals surface area contributed by atoms with Crippen molar-refractivity contribution in [2.45, 2.75) is 37.7 Å². The number of para-hydroxylation sites is 1. The number of hydrogen-bond acceptors (Lipinski definition) is 3. The third kappa shape index (κ3) is 2.92. The Balaban J connectivity index is 1.77. The van der Waals surface area contributed by atoms with Gasteiger partial charge in [-0.15, -0.1) is 0 Å². The fourth-order valence-electron chi connectivity index (χ4n) is 4.26. The Morgan fingerprint density at radius 2 is 1.68 bits per heavy atom. The number of benzene rings is 2. The minimum atomic E-state index is -0.638. The van der Waals surface area contributed by atoms with Crippen LogP contribution in [0.2, 0.25) is 0 Å². The zero-order valence-corrected chi connectivity index (χ0v) is 14.6. The monoisotopic (exact) mass is 332 g/mol. The van der Waals surface area contributed by atoms with Crippen molar-refractivity contribution in [3.05, 3.63) is 65.2 Å². The molecule has 1 fully saturated rings. The number of piperidine rings is 1. The molecule has 2 aromatic rings. The van der Waals surface area contributed by atoms with E-state index in [9.17, 15) is 5.26 Å². The zero-order chi connectivity index (χ0) is 17.1. The molecule has 1 saturated heterocycles. The zero-order valence-electron chi connectivity index (χ0n) is 14.6.